The molecule has 0 aliphatic heterocycles. The Kier molecular flexibility index (Phi) is 4.83. The van der Waals surface area contributed by atoms with Gasteiger partial charge in [-0.3, -0.25) is 4.79 Å². The predicted octanol–water partition coefficient (Wildman–Crippen LogP) is 2.61. The van der Waals surface area contributed by atoms with E-state index in [9.17, 15) is 9.90 Å². The molecule has 0 aliphatic rings. The molecule has 0 saturated heterocycles. The number of nitrogens with two attached hydrogens (primary N) is 1. The fourth-order valence-electron chi connectivity index (χ4n) is 1.71. The molecule has 2 aromatic rings. The van der Waals surface area contributed by atoms with E-state index in [0.717, 1.165) is 5.56 Å². The molecule has 0 heterocycles. The lowest BCUT2D eigenvalue weighted by molar-refractivity contribution is 0.102. The third kappa shape index (κ3) is 3.99. The lowest BCUT2D eigenvalue weighted by Gasteiger charge is -2.07. The van der Waals surface area contributed by atoms with Crippen LogP contribution in [0.1, 0.15) is 15.9 Å². The van der Waals surface area contributed by atoms with Crippen LogP contribution in [0, 0.1) is 11.8 Å². The first-order chi connectivity index (χ1) is 10.1. The van der Waals surface area contributed by atoms with Crippen molar-refractivity contribution in [3.8, 4) is 17.6 Å². The highest BCUT2D eigenvalue weighted by atomic mass is 35.5. The molecule has 0 spiro atoms. The van der Waals surface area contributed by atoms with Crippen molar-refractivity contribution >= 4 is 23.2 Å². The van der Waals surface area contributed by atoms with Gasteiger partial charge in [0, 0.05) is 11.3 Å². The maximum atomic E-state index is 12.1. The van der Waals surface area contributed by atoms with Gasteiger partial charge in [-0.25, -0.2) is 0 Å². The molecule has 106 valence electrons. The second-order valence-corrected chi connectivity index (χ2v) is 4.61. The number of benzene rings is 2. The van der Waals surface area contributed by atoms with Crippen molar-refractivity contribution in [2.45, 2.75) is 0 Å². The van der Waals surface area contributed by atoms with Crippen LogP contribution in [0.15, 0.2) is 42.5 Å². The van der Waals surface area contributed by atoms with Gasteiger partial charge in [-0.2, -0.15) is 0 Å². The summed E-state index contributed by atoms with van der Waals surface area (Å²) in [6.07, 6.45) is 0. The van der Waals surface area contributed by atoms with Crippen LogP contribution in [0.5, 0.6) is 5.75 Å². The van der Waals surface area contributed by atoms with E-state index in [1.165, 1.54) is 18.2 Å². The zero-order chi connectivity index (χ0) is 15.2. The molecule has 0 fully saturated rings. The Bertz CT molecular complexity index is 733. The molecule has 2 aromatic carbocycles. The van der Waals surface area contributed by atoms with Crippen LogP contribution in [0.2, 0.25) is 5.02 Å². The Balaban J connectivity index is 2.21. The lowest BCUT2D eigenvalue weighted by atomic mass is 10.1. The van der Waals surface area contributed by atoms with Crippen LogP contribution in [-0.2, 0) is 0 Å². The lowest BCUT2D eigenvalue weighted by Crippen LogP contribution is -2.12. The molecule has 2 rings (SSSR count). The smallest absolute Gasteiger partial charge is 0.257 e. The van der Waals surface area contributed by atoms with Crippen LogP contribution in [-0.4, -0.2) is 17.6 Å². The fraction of sp³-hybridized carbons (Fsp3) is 0.0625. The zero-order valence-corrected chi connectivity index (χ0v) is 11.8. The van der Waals surface area contributed by atoms with E-state index in [0.29, 0.717) is 5.69 Å². The number of nitrogens with one attached hydrogen (secondary N) is 1. The number of hydrogen-bond acceptors (Lipinski definition) is 3. The summed E-state index contributed by atoms with van der Waals surface area (Å²) in [5.41, 5.74) is 6.86. The second kappa shape index (κ2) is 6.80. The van der Waals surface area contributed by atoms with Crippen LogP contribution in [0.25, 0.3) is 0 Å². The van der Waals surface area contributed by atoms with Crippen molar-refractivity contribution in [2.24, 2.45) is 5.73 Å². The first kappa shape index (κ1) is 14.9. The van der Waals surface area contributed by atoms with E-state index in [4.69, 9.17) is 17.3 Å². The van der Waals surface area contributed by atoms with Crippen LogP contribution >= 0.6 is 11.6 Å². The second-order valence-electron chi connectivity index (χ2n) is 4.20. The molecule has 21 heavy (non-hydrogen) atoms. The first-order valence-electron chi connectivity index (χ1n) is 6.19. The Hall–Kier alpha value is -2.48. The molecular formula is C16H13ClN2O2. The zero-order valence-electron chi connectivity index (χ0n) is 11.1. The summed E-state index contributed by atoms with van der Waals surface area (Å²) in [5, 5.41) is 12.4. The van der Waals surface area contributed by atoms with Crippen molar-refractivity contribution in [1.29, 1.82) is 0 Å². The van der Waals surface area contributed by atoms with E-state index in [-0.39, 0.29) is 22.9 Å². The Morgan fingerprint density at radius 2 is 2.10 bits per heavy atom. The number of phenols is 1. The Morgan fingerprint density at radius 3 is 2.86 bits per heavy atom. The van der Waals surface area contributed by atoms with Gasteiger partial charge >= 0.3 is 0 Å². The molecular weight excluding hydrogens is 288 g/mol. The number of aromatic hydroxyl groups is 1. The largest absolute Gasteiger partial charge is 0.508 e. The van der Waals surface area contributed by atoms with E-state index in [2.05, 4.69) is 17.2 Å². The van der Waals surface area contributed by atoms with E-state index in [1.54, 1.807) is 18.2 Å². The molecule has 4 nitrogen and oxygen atoms in total. The van der Waals surface area contributed by atoms with E-state index >= 15 is 0 Å². The predicted molar refractivity (Wildman–Crippen MR) is 83.4 cm³/mol. The highest BCUT2D eigenvalue weighted by molar-refractivity contribution is 6.34. The van der Waals surface area contributed by atoms with Gasteiger partial charge in [0.05, 0.1) is 17.1 Å². The summed E-state index contributed by atoms with van der Waals surface area (Å²) >= 11 is 5.95. The highest BCUT2D eigenvalue weighted by Crippen LogP contribution is 2.22. The Morgan fingerprint density at radius 1 is 1.29 bits per heavy atom. The van der Waals surface area contributed by atoms with E-state index < -0.39 is 5.91 Å². The summed E-state index contributed by atoms with van der Waals surface area (Å²) in [6, 6.07) is 11.3. The molecule has 0 aromatic heterocycles. The SMILES string of the molecule is NCC#Cc1cccc(NC(=O)c2cc(O)ccc2Cl)c1. The Labute approximate surface area is 127 Å². The van der Waals surface area contributed by atoms with Crippen molar-refractivity contribution < 1.29 is 9.90 Å². The molecule has 0 aliphatic carbocycles. The third-order valence-electron chi connectivity index (χ3n) is 2.65. The van der Waals surface area contributed by atoms with Gasteiger partial charge in [0.15, 0.2) is 0 Å². The normalized spacial score (nSPS) is 9.62. The topological polar surface area (TPSA) is 75.3 Å². The van der Waals surface area contributed by atoms with Crippen LogP contribution in [0.4, 0.5) is 5.69 Å². The summed E-state index contributed by atoms with van der Waals surface area (Å²) in [4.78, 5) is 12.1. The molecule has 4 N–H and O–H groups in total. The van der Waals surface area contributed by atoms with Crippen molar-refractivity contribution in [1.82, 2.24) is 0 Å². The number of anilines is 1. The highest BCUT2D eigenvalue weighted by Gasteiger charge is 2.11. The molecule has 0 bridgehead atoms. The van der Waals surface area contributed by atoms with Gasteiger partial charge in [0.25, 0.3) is 5.91 Å². The molecule has 5 heteroatoms. The molecule has 0 unspecified atom stereocenters. The minimum atomic E-state index is -0.403. The van der Waals surface area contributed by atoms with Gasteiger partial charge in [-0.05, 0) is 36.4 Å². The van der Waals surface area contributed by atoms with Gasteiger partial charge in [0.1, 0.15) is 5.75 Å². The average molecular weight is 301 g/mol. The molecule has 0 atom stereocenters. The molecule has 0 radical (unpaired) electrons. The van der Waals surface area contributed by atoms with E-state index in [1.807, 2.05) is 6.07 Å². The number of hydrogen-bond donors (Lipinski definition) is 3. The minimum absolute atomic E-state index is 0.0212. The summed E-state index contributed by atoms with van der Waals surface area (Å²) in [7, 11) is 0. The maximum absolute atomic E-state index is 12.1. The number of phenolic OH excluding ortho intramolecular Hbond substituents is 1. The van der Waals surface area contributed by atoms with Crippen LogP contribution < -0.4 is 11.1 Å². The standard InChI is InChI=1S/C16H13ClN2O2/c17-15-7-6-13(20)10-14(15)16(21)19-12-5-1-3-11(9-12)4-2-8-18/h1,3,5-7,9-10,20H,8,18H2,(H,19,21). The molecule has 0 saturated carbocycles. The summed E-state index contributed by atoms with van der Waals surface area (Å²) < 4.78 is 0. The van der Waals surface area contributed by atoms with Crippen molar-refractivity contribution in [3.05, 3.63) is 58.6 Å². The maximum Gasteiger partial charge on any atom is 0.257 e. The minimum Gasteiger partial charge on any atom is -0.508 e. The first-order valence-corrected chi connectivity index (χ1v) is 6.57. The number of amides is 1. The van der Waals surface area contributed by atoms with Crippen molar-refractivity contribution in [3.63, 3.8) is 0 Å². The number of halogens is 1. The third-order valence-corrected chi connectivity index (χ3v) is 2.98. The number of carbonyl (C=O) groups is 1. The quantitative estimate of drug-likeness (QED) is 0.746. The van der Waals surface area contributed by atoms with Gasteiger partial charge in [-0.1, -0.05) is 29.5 Å². The fourth-order valence-corrected chi connectivity index (χ4v) is 1.92. The number of rotatable bonds is 2. The summed E-state index contributed by atoms with van der Waals surface area (Å²) in [5.74, 6) is 5.21. The molecule has 1 amide bonds. The van der Waals surface area contributed by atoms with Gasteiger partial charge < -0.3 is 16.2 Å². The monoisotopic (exact) mass is 300 g/mol. The summed E-state index contributed by atoms with van der Waals surface area (Å²) in [6.45, 7) is 0.273. The number of carbonyl (C=O) groups excluding carboxylic acids is 1. The average Bonchev–Trinajstić information content (AvgIpc) is 2.48. The van der Waals surface area contributed by atoms with Crippen LogP contribution in [0.3, 0.4) is 0 Å². The van der Waals surface area contributed by atoms with Crippen molar-refractivity contribution in [2.75, 3.05) is 11.9 Å². The van der Waals surface area contributed by atoms with Gasteiger partial charge in [0.2, 0.25) is 0 Å². The van der Waals surface area contributed by atoms with Gasteiger partial charge in [-0.15, -0.1) is 0 Å².